The summed E-state index contributed by atoms with van der Waals surface area (Å²) in [6.45, 7) is 4.65. The lowest BCUT2D eigenvalue weighted by Crippen LogP contribution is -2.40. The largest absolute Gasteiger partial charge is 0.378 e. The summed E-state index contributed by atoms with van der Waals surface area (Å²) in [5, 5.41) is 0. The van der Waals surface area contributed by atoms with Crippen LogP contribution in [-0.2, 0) is 29.4 Å². The minimum Gasteiger partial charge on any atom is -0.378 e. The molecule has 2 aliphatic heterocycles. The Morgan fingerprint density at radius 2 is 2.07 bits per heavy atom. The van der Waals surface area contributed by atoms with Gasteiger partial charge in [-0.3, -0.25) is 14.2 Å². The average molecular weight is 447 g/mol. The van der Waals surface area contributed by atoms with E-state index in [4.69, 9.17) is 4.74 Å². The molecule has 0 N–H and O–H groups in total. The van der Waals surface area contributed by atoms with Crippen LogP contribution in [0.5, 0.6) is 0 Å². The third kappa shape index (κ3) is 3.46. The second-order valence-corrected chi connectivity index (χ2v) is 8.11. The van der Waals surface area contributed by atoms with E-state index < -0.39 is 0 Å². The molecule has 2 aromatic rings. The summed E-state index contributed by atoms with van der Waals surface area (Å²) in [4.78, 5) is 34.1. The Bertz CT molecular complexity index is 968. The van der Waals surface area contributed by atoms with Crippen LogP contribution in [0.4, 0.5) is 11.5 Å². The van der Waals surface area contributed by atoms with Crippen molar-refractivity contribution in [3.63, 3.8) is 0 Å². The third-order valence-corrected chi connectivity index (χ3v) is 6.16. The zero-order chi connectivity index (χ0) is 19.8. The summed E-state index contributed by atoms with van der Waals surface area (Å²) >= 11 is 3.58. The Morgan fingerprint density at radius 1 is 1.32 bits per heavy atom. The SMILES string of the molecule is C[C@@H]1Cc2c(Br)cccc2N1C(=O)Cc1nc(N2CCOCC2)cc(=O)n1C. The second kappa shape index (κ2) is 7.67. The van der Waals surface area contributed by atoms with Crippen molar-refractivity contribution in [1.29, 1.82) is 0 Å². The number of anilines is 2. The summed E-state index contributed by atoms with van der Waals surface area (Å²) < 4.78 is 7.86. The van der Waals surface area contributed by atoms with Crippen LogP contribution in [0.2, 0.25) is 0 Å². The van der Waals surface area contributed by atoms with Gasteiger partial charge in [-0.1, -0.05) is 22.0 Å². The summed E-state index contributed by atoms with van der Waals surface area (Å²) in [6.07, 6.45) is 0.892. The van der Waals surface area contributed by atoms with Crippen LogP contribution in [-0.4, -0.2) is 47.8 Å². The lowest BCUT2D eigenvalue weighted by atomic mass is 10.1. The van der Waals surface area contributed by atoms with Gasteiger partial charge >= 0.3 is 0 Å². The van der Waals surface area contributed by atoms with Gasteiger partial charge in [-0.05, 0) is 31.0 Å². The molecule has 1 aromatic heterocycles. The smallest absolute Gasteiger partial charge is 0.255 e. The normalized spacial score (nSPS) is 19.0. The molecular formula is C20H23BrN4O3. The van der Waals surface area contributed by atoms with E-state index in [1.54, 1.807) is 7.05 Å². The zero-order valence-corrected chi connectivity index (χ0v) is 17.6. The maximum Gasteiger partial charge on any atom is 0.255 e. The van der Waals surface area contributed by atoms with E-state index in [-0.39, 0.29) is 23.9 Å². The van der Waals surface area contributed by atoms with E-state index in [2.05, 4.69) is 20.9 Å². The number of fused-ring (bicyclic) bond motifs is 1. The predicted molar refractivity (Wildman–Crippen MR) is 111 cm³/mol. The number of benzene rings is 1. The van der Waals surface area contributed by atoms with Gasteiger partial charge in [0.2, 0.25) is 5.91 Å². The number of carbonyl (C=O) groups excluding carboxylic acids is 1. The highest BCUT2D eigenvalue weighted by molar-refractivity contribution is 9.10. The van der Waals surface area contributed by atoms with E-state index in [0.717, 1.165) is 22.1 Å². The molecule has 3 heterocycles. The van der Waals surface area contributed by atoms with Crippen molar-refractivity contribution in [2.45, 2.75) is 25.8 Å². The molecule has 1 amide bonds. The van der Waals surface area contributed by atoms with Crippen LogP contribution in [0.3, 0.4) is 0 Å². The maximum absolute atomic E-state index is 13.2. The summed E-state index contributed by atoms with van der Waals surface area (Å²) in [5.74, 6) is 1.05. The van der Waals surface area contributed by atoms with Crippen molar-refractivity contribution in [2.24, 2.45) is 7.05 Å². The summed E-state index contributed by atoms with van der Waals surface area (Å²) in [5.41, 5.74) is 1.92. The van der Waals surface area contributed by atoms with E-state index in [1.807, 2.05) is 34.9 Å². The fourth-order valence-corrected chi connectivity index (χ4v) is 4.40. The first-order valence-electron chi connectivity index (χ1n) is 9.45. The van der Waals surface area contributed by atoms with E-state index in [1.165, 1.54) is 10.6 Å². The zero-order valence-electron chi connectivity index (χ0n) is 16.0. The fourth-order valence-electron chi connectivity index (χ4n) is 3.89. The molecule has 4 rings (SSSR count). The minimum absolute atomic E-state index is 0.0500. The van der Waals surface area contributed by atoms with Gasteiger partial charge < -0.3 is 14.5 Å². The van der Waals surface area contributed by atoms with Crippen molar-refractivity contribution >= 4 is 33.3 Å². The number of carbonyl (C=O) groups is 1. The number of halogens is 1. The molecule has 0 radical (unpaired) electrons. The van der Waals surface area contributed by atoms with Crippen LogP contribution in [0, 0.1) is 0 Å². The van der Waals surface area contributed by atoms with Crippen molar-refractivity contribution in [3.05, 3.63) is 50.5 Å². The first kappa shape index (κ1) is 19.1. The number of aromatic nitrogens is 2. The third-order valence-electron chi connectivity index (χ3n) is 5.42. The van der Waals surface area contributed by atoms with Gasteiger partial charge in [-0.2, -0.15) is 0 Å². The van der Waals surface area contributed by atoms with Gasteiger partial charge in [0.05, 0.1) is 19.6 Å². The molecule has 0 aliphatic carbocycles. The Labute approximate surface area is 172 Å². The van der Waals surface area contributed by atoms with Crippen molar-refractivity contribution in [2.75, 3.05) is 36.1 Å². The Morgan fingerprint density at radius 3 is 2.82 bits per heavy atom. The van der Waals surface area contributed by atoms with E-state index >= 15 is 0 Å². The first-order valence-corrected chi connectivity index (χ1v) is 10.2. The molecule has 2 aliphatic rings. The Kier molecular flexibility index (Phi) is 5.25. The number of nitrogens with zero attached hydrogens (tertiary/aromatic N) is 4. The maximum atomic E-state index is 13.2. The Hall–Kier alpha value is -2.19. The molecule has 1 fully saturated rings. The number of hydrogen-bond acceptors (Lipinski definition) is 5. The van der Waals surface area contributed by atoms with Crippen LogP contribution >= 0.6 is 15.9 Å². The van der Waals surface area contributed by atoms with Crippen molar-refractivity contribution in [3.8, 4) is 0 Å². The van der Waals surface area contributed by atoms with Crippen molar-refractivity contribution < 1.29 is 9.53 Å². The van der Waals surface area contributed by atoms with Crippen molar-refractivity contribution in [1.82, 2.24) is 9.55 Å². The number of rotatable bonds is 3. The lowest BCUT2D eigenvalue weighted by Gasteiger charge is -2.28. The van der Waals surface area contributed by atoms with Crippen LogP contribution in [0.15, 0.2) is 33.5 Å². The van der Waals surface area contributed by atoms with Crippen LogP contribution in [0.1, 0.15) is 18.3 Å². The molecule has 148 valence electrons. The van der Waals surface area contributed by atoms with Gasteiger partial charge in [0.25, 0.3) is 5.56 Å². The molecular weight excluding hydrogens is 424 g/mol. The second-order valence-electron chi connectivity index (χ2n) is 7.26. The highest BCUT2D eigenvalue weighted by atomic mass is 79.9. The molecule has 7 nitrogen and oxygen atoms in total. The molecule has 1 aromatic carbocycles. The summed E-state index contributed by atoms with van der Waals surface area (Å²) in [6, 6.07) is 7.51. The first-order chi connectivity index (χ1) is 13.5. The standard InChI is InChI=1S/C20H23BrN4O3/c1-13-10-14-15(21)4-3-5-16(14)25(13)20(27)11-17-22-18(12-19(26)23(17)2)24-6-8-28-9-7-24/h3-5,12-13H,6-11H2,1-2H3/t13-/m1/s1. The van der Waals surface area contributed by atoms with Gasteiger partial charge in [-0.25, -0.2) is 4.98 Å². The quantitative estimate of drug-likeness (QED) is 0.719. The van der Waals surface area contributed by atoms with Gasteiger partial charge in [0, 0.05) is 42.4 Å². The topological polar surface area (TPSA) is 67.7 Å². The highest BCUT2D eigenvalue weighted by Crippen LogP contribution is 2.37. The molecule has 8 heteroatoms. The van der Waals surface area contributed by atoms with Gasteiger partial charge in [-0.15, -0.1) is 0 Å². The van der Waals surface area contributed by atoms with Gasteiger partial charge in [0.15, 0.2) is 0 Å². The summed E-state index contributed by atoms with van der Waals surface area (Å²) in [7, 11) is 1.67. The molecule has 0 saturated carbocycles. The Balaban J connectivity index is 1.62. The number of hydrogen-bond donors (Lipinski definition) is 0. The number of amides is 1. The number of ether oxygens (including phenoxy) is 1. The average Bonchev–Trinajstić information content (AvgIpc) is 3.03. The van der Waals surface area contributed by atoms with E-state index in [9.17, 15) is 9.59 Å². The molecule has 0 spiro atoms. The molecule has 1 atom stereocenters. The van der Waals surface area contributed by atoms with Crippen LogP contribution in [0.25, 0.3) is 0 Å². The highest BCUT2D eigenvalue weighted by Gasteiger charge is 2.32. The molecule has 1 saturated heterocycles. The minimum atomic E-state index is -0.156. The van der Waals surface area contributed by atoms with E-state index in [0.29, 0.717) is 37.9 Å². The molecule has 0 bridgehead atoms. The number of morpholine rings is 1. The molecule has 28 heavy (non-hydrogen) atoms. The monoisotopic (exact) mass is 446 g/mol. The molecule has 0 unspecified atom stereocenters. The fraction of sp³-hybridized carbons (Fsp3) is 0.450. The van der Waals surface area contributed by atoms with Crippen LogP contribution < -0.4 is 15.4 Å². The van der Waals surface area contributed by atoms with Gasteiger partial charge in [0.1, 0.15) is 11.6 Å². The predicted octanol–water partition coefficient (Wildman–Crippen LogP) is 1.90. The lowest BCUT2D eigenvalue weighted by molar-refractivity contribution is -0.118.